The summed E-state index contributed by atoms with van der Waals surface area (Å²) in [5, 5.41) is 11.9. The molecule has 0 aliphatic heterocycles. The summed E-state index contributed by atoms with van der Waals surface area (Å²) in [6.45, 7) is 10.4. The molecule has 100 valence electrons. The zero-order valence-corrected chi connectivity index (χ0v) is 11.4. The number of carboxylic acids is 1. The molecule has 0 radical (unpaired) electrons. The Morgan fingerprint density at radius 2 is 1.65 bits per heavy atom. The van der Waals surface area contributed by atoms with Crippen LogP contribution in [0.15, 0.2) is 0 Å². The summed E-state index contributed by atoms with van der Waals surface area (Å²) in [6, 6.07) is -0.589. The zero-order valence-electron chi connectivity index (χ0n) is 11.4. The Labute approximate surface area is 103 Å². The molecule has 0 aromatic carbocycles. The molecule has 0 saturated carbocycles. The van der Waals surface area contributed by atoms with Crippen molar-refractivity contribution in [3.63, 3.8) is 0 Å². The second kappa shape index (κ2) is 7.27. The van der Waals surface area contributed by atoms with Crippen molar-refractivity contribution < 1.29 is 14.7 Å². The van der Waals surface area contributed by atoms with Crippen molar-refractivity contribution in [2.45, 2.75) is 46.7 Å². The molecule has 0 aliphatic carbocycles. The lowest BCUT2D eigenvalue weighted by molar-refractivity contribution is -0.142. The Morgan fingerprint density at radius 1 is 1.18 bits per heavy atom. The fraction of sp³-hybridized carbons (Fsp3) is 0.833. The molecule has 3 unspecified atom stereocenters. The van der Waals surface area contributed by atoms with Crippen molar-refractivity contribution in [1.29, 1.82) is 0 Å². The molecule has 0 aromatic heterocycles. The van der Waals surface area contributed by atoms with E-state index in [0.29, 0.717) is 13.1 Å². The van der Waals surface area contributed by atoms with Crippen LogP contribution in [-0.4, -0.2) is 47.1 Å². The summed E-state index contributed by atoms with van der Waals surface area (Å²) in [5.74, 6) is -1.35. The minimum Gasteiger partial charge on any atom is -0.481 e. The Balaban J connectivity index is 4.38. The van der Waals surface area contributed by atoms with Crippen LogP contribution in [0.1, 0.15) is 34.6 Å². The van der Waals surface area contributed by atoms with Gasteiger partial charge in [0, 0.05) is 19.1 Å². The van der Waals surface area contributed by atoms with E-state index in [0.717, 1.165) is 0 Å². The van der Waals surface area contributed by atoms with Crippen LogP contribution >= 0.6 is 0 Å². The number of likely N-dealkylation sites (N-methyl/N-ethyl adjacent to an activating group) is 1. The summed E-state index contributed by atoms with van der Waals surface area (Å²) >= 11 is 0. The maximum Gasteiger partial charge on any atom is 0.307 e. The van der Waals surface area contributed by atoms with Crippen molar-refractivity contribution in [3.8, 4) is 0 Å². The van der Waals surface area contributed by atoms with Crippen LogP contribution < -0.4 is 5.32 Å². The normalized spacial score (nSPS) is 16.1. The first-order valence-corrected chi connectivity index (χ1v) is 6.12. The molecular weight excluding hydrogens is 220 g/mol. The van der Waals surface area contributed by atoms with E-state index >= 15 is 0 Å². The van der Waals surface area contributed by atoms with Gasteiger partial charge in [0.05, 0.1) is 12.0 Å². The Kier molecular flexibility index (Phi) is 6.80. The van der Waals surface area contributed by atoms with Crippen LogP contribution in [0.4, 0.5) is 0 Å². The molecule has 0 aromatic rings. The van der Waals surface area contributed by atoms with E-state index in [2.05, 4.69) is 5.32 Å². The lowest BCUT2D eigenvalue weighted by Gasteiger charge is -2.27. The van der Waals surface area contributed by atoms with E-state index < -0.39 is 11.9 Å². The Hall–Kier alpha value is -1.10. The van der Waals surface area contributed by atoms with E-state index in [4.69, 9.17) is 5.11 Å². The molecule has 0 rings (SSSR count). The maximum atomic E-state index is 11.9. The highest BCUT2D eigenvalue weighted by Gasteiger charge is 2.24. The predicted molar refractivity (Wildman–Crippen MR) is 66.8 cm³/mol. The molecule has 1 amide bonds. The largest absolute Gasteiger partial charge is 0.481 e. The predicted octanol–water partition coefficient (Wildman–Crippen LogP) is 0.942. The standard InChI is InChI=1S/C12H24N2O3/c1-6-14(7-2)11(15)10(5)13-9(4)8(3)12(16)17/h8-10,13H,6-7H2,1-5H3,(H,16,17). The fourth-order valence-corrected chi connectivity index (χ4v) is 1.63. The smallest absolute Gasteiger partial charge is 0.307 e. The van der Waals surface area contributed by atoms with Crippen LogP contribution in [-0.2, 0) is 9.59 Å². The van der Waals surface area contributed by atoms with Crippen molar-refractivity contribution >= 4 is 11.9 Å². The van der Waals surface area contributed by atoms with Gasteiger partial charge in [-0.25, -0.2) is 0 Å². The third-order valence-electron chi connectivity index (χ3n) is 3.10. The fourth-order valence-electron chi connectivity index (χ4n) is 1.63. The first-order valence-electron chi connectivity index (χ1n) is 6.12. The van der Waals surface area contributed by atoms with Gasteiger partial charge < -0.3 is 15.3 Å². The number of hydrogen-bond donors (Lipinski definition) is 2. The van der Waals surface area contributed by atoms with Gasteiger partial charge in [-0.3, -0.25) is 9.59 Å². The van der Waals surface area contributed by atoms with Crippen LogP contribution in [0.3, 0.4) is 0 Å². The maximum absolute atomic E-state index is 11.9. The van der Waals surface area contributed by atoms with Gasteiger partial charge in [-0.1, -0.05) is 6.92 Å². The number of nitrogens with one attached hydrogen (secondary N) is 1. The number of amides is 1. The average molecular weight is 244 g/mol. The molecule has 0 heterocycles. The highest BCUT2D eigenvalue weighted by atomic mass is 16.4. The van der Waals surface area contributed by atoms with Gasteiger partial charge >= 0.3 is 5.97 Å². The number of rotatable bonds is 7. The van der Waals surface area contributed by atoms with Crippen LogP contribution in [0.25, 0.3) is 0 Å². The second-order valence-electron chi connectivity index (χ2n) is 4.31. The summed E-state index contributed by atoms with van der Waals surface area (Å²) in [5.41, 5.74) is 0. The molecule has 0 fully saturated rings. The highest BCUT2D eigenvalue weighted by Crippen LogP contribution is 2.05. The number of hydrogen-bond acceptors (Lipinski definition) is 3. The molecule has 5 nitrogen and oxygen atoms in total. The Bertz CT molecular complexity index is 264. The van der Waals surface area contributed by atoms with Gasteiger partial charge in [-0.2, -0.15) is 0 Å². The lowest BCUT2D eigenvalue weighted by atomic mass is 10.0. The lowest BCUT2D eigenvalue weighted by Crippen LogP contribution is -2.50. The van der Waals surface area contributed by atoms with Gasteiger partial charge in [0.25, 0.3) is 0 Å². The minimum absolute atomic E-state index is 0.0134. The molecule has 5 heteroatoms. The van der Waals surface area contributed by atoms with E-state index in [1.54, 1.807) is 25.7 Å². The SMILES string of the molecule is CCN(CC)C(=O)C(C)NC(C)C(C)C(=O)O. The van der Waals surface area contributed by atoms with E-state index in [1.165, 1.54) is 0 Å². The number of carbonyl (C=O) groups excluding carboxylic acids is 1. The molecule has 17 heavy (non-hydrogen) atoms. The molecule has 0 saturated heterocycles. The number of nitrogens with zero attached hydrogens (tertiary/aromatic N) is 1. The van der Waals surface area contributed by atoms with Crippen molar-refractivity contribution in [2.24, 2.45) is 5.92 Å². The second-order valence-corrected chi connectivity index (χ2v) is 4.31. The summed E-state index contributed by atoms with van der Waals surface area (Å²) < 4.78 is 0. The molecule has 0 bridgehead atoms. The summed E-state index contributed by atoms with van der Waals surface area (Å²) in [7, 11) is 0. The van der Waals surface area contributed by atoms with Crippen molar-refractivity contribution in [1.82, 2.24) is 10.2 Å². The summed E-state index contributed by atoms with van der Waals surface area (Å²) in [4.78, 5) is 24.5. The molecule has 2 N–H and O–H groups in total. The van der Waals surface area contributed by atoms with Gasteiger partial charge in [-0.05, 0) is 27.7 Å². The van der Waals surface area contributed by atoms with Crippen LogP contribution in [0.5, 0.6) is 0 Å². The Morgan fingerprint density at radius 3 is 2.00 bits per heavy atom. The van der Waals surface area contributed by atoms with Crippen LogP contribution in [0, 0.1) is 5.92 Å². The zero-order chi connectivity index (χ0) is 13.6. The average Bonchev–Trinajstić information content (AvgIpc) is 2.28. The summed E-state index contributed by atoms with van der Waals surface area (Å²) in [6.07, 6.45) is 0. The van der Waals surface area contributed by atoms with Gasteiger partial charge in [-0.15, -0.1) is 0 Å². The molecule has 0 aliphatic rings. The highest BCUT2D eigenvalue weighted by molar-refractivity contribution is 5.81. The topological polar surface area (TPSA) is 69.6 Å². The van der Waals surface area contributed by atoms with Gasteiger partial charge in [0.15, 0.2) is 0 Å². The van der Waals surface area contributed by atoms with Crippen molar-refractivity contribution in [2.75, 3.05) is 13.1 Å². The van der Waals surface area contributed by atoms with Crippen molar-refractivity contribution in [3.05, 3.63) is 0 Å². The van der Waals surface area contributed by atoms with Crippen LogP contribution in [0.2, 0.25) is 0 Å². The number of aliphatic carboxylic acids is 1. The molecular formula is C12H24N2O3. The monoisotopic (exact) mass is 244 g/mol. The van der Waals surface area contributed by atoms with E-state index in [9.17, 15) is 9.59 Å². The number of carboxylic acid groups (broad SMARTS) is 1. The quantitative estimate of drug-likeness (QED) is 0.699. The number of carbonyl (C=O) groups is 2. The van der Waals surface area contributed by atoms with E-state index in [-0.39, 0.29) is 18.0 Å². The third kappa shape index (κ3) is 4.73. The third-order valence-corrected chi connectivity index (χ3v) is 3.10. The van der Waals surface area contributed by atoms with Gasteiger partial charge in [0.1, 0.15) is 0 Å². The minimum atomic E-state index is -0.854. The molecule has 0 spiro atoms. The molecule has 3 atom stereocenters. The first-order chi connectivity index (χ1) is 7.84. The van der Waals surface area contributed by atoms with E-state index in [1.807, 2.05) is 13.8 Å². The first kappa shape index (κ1) is 15.9. The van der Waals surface area contributed by atoms with Gasteiger partial charge in [0.2, 0.25) is 5.91 Å².